The van der Waals surface area contributed by atoms with Crippen LogP contribution in [0.2, 0.25) is 0 Å². The van der Waals surface area contributed by atoms with Crippen LogP contribution in [-0.4, -0.2) is 37.0 Å². The summed E-state index contributed by atoms with van der Waals surface area (Å²) in [6.07, 6.45) is 4.79. The van der Waals surface area contributed by atoms with Gasteiger partial charge in [-0.3, -0.25) is 4.79 Å². The van der Waals surface area contributed by atoms with Crippen molar-refractivity contribution in [3.05, 3.63) is 0 Å². The Bertz CT molecular complexity index is 186. The Hall–Kier alpha value is -0.570. The summed E-state index contributed by atoms with van der Waals surface area (Å²) < 4.78 is 0. The Morgan fingerprint density at radius 1 is 1.27 bits per heavy atom. The molecule has 1 N–H and O–H groups in total. The lowest BCUT2D eigenvalue weighted by Gasteiger charge is -2.26. The van der Waals surface area contributed by atoms with Crippen molar-refractivity contribution >= 4 is 5.91 Å². The van der Waals surface area contributed by atoms with Crippen molar-refractivity contribution in [2.24, 2.45) is 5.92 Å². The first-order valence-electron chi connectivity index (χ1n) is 6.18. The highest BCUT2D eigenvalue weighted by molar-refractivity contribution is 5.78. The maximum Gasteiger partial charge on any atom is 0.236 e. The van der Waals surface area contributed by atoms with E-state index < -0.39 is 0 Å². The number of hydrogen-bond acceptors (Lipinski definition) is 2. The van der Waals surface area contributed by atoms with Crippen molar-refractivity contribution in [3.8, 4) is 0 Å². The van der Waals surface area contributed by atoms with Gasteiger partial charge >= 0.3 is 0 Å². The maximum atomic E-state index is 11.7. The van der Waals surface area contributed by atoms with Crippen molar-refractivity contribution in [1.29, 1.82) is 0 Å². The maximum absolute atomic E-state index is 11.7. The zero-order chi connectivity index (χ0) is 11.1. The lowest BCUT2D eigenvalue weighted by Crippen LogP contribution is -2.41. The van der Waals surface area contributed by atoms with E-state index in [0.29, 0.717) is 12.5 Å². The van der Waals surface area contributed by atoms with Crippen LogP contribution in [-0.2, 0) is 4.79 Å². The molecule has 0 bridgehead atoms. The monoisotopic (exact) mass is 212 g/mol. The highest BCUT2D eigenvalue weighted by atomic mass is 16.2. The third-order valence-electron chi connectivity index (χ3n) is 2.88. The van der Waals surface area contributed by atoms with Crippen molar-refractivity contribution < 1.29 is 4.79 Å². The van der Waals surface area contributed by atoms with Gasteiger partial charge < -0.3 is 10.2 Å². The number of carbonyl (C=O) groups excluding carboxylic acids is 1. The van der Waals surface area contributed by atoms with Crippen LogP contribution in [0.5, 0.6) is 0 Å². The van der Waals surface area contributed by atoms with E-state index in [-0.39, 0.29) is 5.91 Å². The first-order valence-corrected chi connectivity index (χ1v) is 6.18. The van der Waals surface area contributed by atoms with Crippen LogP contribution >= 0.6 is 0 Å². The second-order valence-corrected chi connectivity index (χ2v) is 4.80. The number of likely N-dealkylation sites (tertiary alicyclic amines) is 1. The van der Waals surface area contributed by atoms with Crippen LogP contribution in [0.15, 0.2) is 0 Å². The molecular formula is C12H24N2O. The third-order valence-corrected chi connectivity index (χ3v) is 2.88. The number of nitrogens with zero attached hydrogens (tertiary/aromatic N) is 1. The van der Waals surface area contributed by atoms with Crippen LogP contribution < -0.4 is 5.32 Å². The molecule has 1 rings (SSSR count). The lowest BCUT2D eigenvalue weighted by molar-refractivity contribution is -0.131. The first-order chi connectivity index (χ1) is 7.20. The number of rotatable bonds is 5. The Morgan fingerprint density at radius 3 is 2.53 bits per heavy atom. The van der Waals surface area contributed by atoms with Gasteiger partial charge in [0.05, 0.1) is 6.54 Å². The zero-order valence-electron chi connectivity index (χ0n) is 10.1. The van der Waals surface area contributed by atoms with Gasteiger partial charge in [0.2, 0.25) is 5.91 Å². The third kappa shape index (κ3) is 5.17. The molecule has 3 heteroatoms. The van der Waals surface area contributed by atoms with Crippen molar-refractivity contribution in [2.75, 3.05) is 26.2 Å². The molecule has 0 aromatic carbocycles. The molecule has 3 nitrogen and oxygen atoms in total. The zero-order valence-corrected chi connectivity index (χ0v) is 10.1. The smallest absolute Gasteiger partial charge is 0.236 e. The number of piperidine rings is 1. The fourth-order valence-corrected chi connectivity index (χ4v) is 1.84. The van der Waals surface area contributed by atoms with E-state index in [1.165, 1.54) is 19.3 Å². The van der Waals surface area contributed by atoms with E-state index in [4.69, 9.17) is 0 Å². The number of carbonyl (C=O) groups is 1. The van der Waals surface area contributed by atoms with Crippen LogP contribution in [0.25, 0.3) is 0 Å². The summed E-state index contributed by atoms with van der Waals surface area (Å²) in [6.45, 7) is 7.81. The summed E-state index contributed by atoms with van der Waals surface area (Å²) in [7, 11) is 0. The molecular weight excluding hydrogens is 188 g/mol. The SMILES string of the molecule is CC(C)CCNCC(=O)N1CCCCC1. The Balaban J connectivity index is 2.07. The van der Waals surface area contributed by atoms with E-state index in [9.17, 15) is 4.79 Å². The Morgan fingerprint density at radius 2 is 1.93 bits per heavy atom. The summed E-state index contributed by atoms with van der Waals surface area (Å²) >= 11 is 0. The van der Waals surface area contributed by atoms with Gasteiger partial charge in [-0.15, -0.1) is 0 Å². The lowest BCUT2D eigenvalue weighted by atomic mass is 10.1. The molecule has 1 aliphatic rings. The van der Waals surface area contributed by atoms with Gasteiger partial charge in [-0.05, 0) is 38.1 Å². The molecule has 0 aliphatic carbocycles. The van der Waals surface area contributed by atoms with Gasteiger partial charge in [-0.2, -0.15) is 0 Å². The topological polar surface area (TPSA) is 32.3 Å². The summed E-state index contributed by atoms with van der Waals surface area (Å²) in [5.74, 6) is 0.987. The van der Waals surface area contributed by atoms with Crippen molar-refractivity contribution in [2.45, 2.75) is 39.5 Å². The average Bonchev–Trinajstić information content (AvgIpc) is 2.25. The number of amides is 1. The molecule has 1 saturated heterocycles. The van der Waals surface area contributed by atoms with Crippen LogP contribution in [0, 0.1) is 5.92 Å². The summed E-state index contributed by atoms with van der Waals surface area (Å²) in [5, 5.41) is 3.22. The summed E-state index contributed by atoms with van der Waals surface area (Å²) in [6, 6.07) is 0. The van der Waals surface area contributed by atoms with Crippen LogP contribution in [0.3, 0.4) is 0 Å². The molecule has 0 aromatic heterocycles. The molecule has 1 amide bonds. The van der Waals surface area contributed by atoms with Crippen molar-refractivity contribution in [3.63, 3.8) is 0 Å². The van der Waals surface area contributed by atoms with E-state index in [0.717, 1.165) is 26.1 Å². The fourth-order valence-electron chi connectivity index (χ4n) is 1.84. The molecule has 0 atom stereocenters. The molecule has 1 fully saturated rings. The fraction of sp³-hybridized carbons (Fsp3) is 0.917. The molecule has 1 heterocycles. The second kappa shape index (κ2) is 6.83. The predicted molar refractivity (Wildman–Crippen MR) is 62.8 cm³/mol. The minimum Gasteiger partial charge on any atom is -0.342 e. The predicted octanol–water partition coefficient (Wildman–Crippen LogP) is 1.63. The second-order valence-electron chi connectivity index (χ2n) is 4.80. The van der Waals surface area contributed by atoms with Crippen LogP contribution in [0.4, 0.5) is 0 Å². The molecule has 0 radical (unpaired) electrons. The Labute approximate surface area is 93.2 Å². The summed E-state index contributed by atoms with van der Waals surface area (Å²) in [4.78, 5) is 13.7. The van der Waals surface area contributed by atoms with E-state index in [1.807, 2.05) is 4.90 Å². The quantitative estimate of drug-likeness (QED) is 0.703. The van der Waals surface area contributed by atoms with Gasteiger partial charge in [0.15, 0.2) is 0 Å². The highest BCUT2D eigenvalue weighted by Gasteiger charge is 2.15. The average molecular weight is 212 g/mol. The standard InChI is InChI=1S/C12H24N2O/c1-11(2)6-7-13-10-12(15)14-8-4-3-5-9-14/h11,13H,3-10H2,1-2H3. The van der Waals surface area contributed by atoms with Gasteiger partial charge in [0.1, 0.15) is 0 Å². The number of nitrogens with one attached hydrogen (secondary N) is 1. The molecule has 0 spiro atoms. The highest BCUT2D eigenvalue weighted by Crippen LogP contribution is 2.08. The number of hydrogen-bond donors (Lipinski definition) is 1. The minimum absolute atomic E-state index is 0.276. The normalized spacial score (nSPS) is 17.1. The van der Waals surface area contributed by atoms with E-state index in [2.05, 4.69) is 19.2 Å². The molecule has 1 aliphatic heterocycles. The van der Waals surface area contributed by atoms with Crippen LogP contribution in [0.1, 0.15) is 39.5 Å². The van der Waals surface area contributed by atoms with Gasteiger partial charge in [0.25, 0.3) is 0 Å². The van der Waals surface area contributed by atoms with E-state index in [1.54, 1.807) is 0 Å². The molecule has 0 aromatic rings. The first kappa shape index (κ1) is 12.5. The molecule has 0 unspecified atom stereocenters. The van der Waals surface area contributed by atoms with E-state index >= 15 is 0 Å². The van der Waals surface area contributed by atoms with Gasteiger partial charge in [0, 0.05) is 13.1 Å². The van der Waals surface area contributed by atoms with Gasteiger partial charge in [-0.25, -0.2) is 0 Å². The minimum atomic E-state index is 0.276. The summed E-state index contributed by atoms with van der Waals surface area (Å²) in [5.41, 5.74) is 0. The Kier molecular flexibility index (Phi) is 5.69. The molecule has 88 valence electrons. The van der Waals surface area contributed by atoms with Gasteiger partial charge in [-0.1, -0.05) is 13.8 Å². The largest absolute Gasteiger partial charge is 0.342 e. The molecule has 15 heavy (non-hydrogen) atoms. The molecule has 0 saturated carbocycles. The van der Waals surface area contributed by atoms with Crippen molar-refractivity contribution in [1.82, 2.24) is 10.2 Å².